The number of rotatable bonds is 4. The van der Waals surface area contributed by atoms with E-state index in [0.29, 0.717) is 10.2 Å². The van der Waals surface area contributed by atoms with Crippen molar-refractivity contribution < 1.29 is 4.42 Å². The van der Waals surface area contributed by atoms with E-state index in [1.807, 2.05) is 60.0 Å². The van der Waals surface area contributed by atoms with Gasteiger partial charge in [0.25, 0.3) is 0 Å². The molecule has 0 saturated carbocycles. The summed E-state index contributed by atoms with van der Waals surface area (Å²) < 4.78 is 5.82. The van der Waals surface area contributed by atoms with E-state index < -0.39 is 0 Å². The Morgan fingerprint density at radius 1 is 1.12 bits per heavy atom. The highest BCUT2D eigenvalue weighted by Crippen LogP contribution is 2.30. The zero-order chi connectivity index (χ0) is 16.4. The number of hydrazone groups is 1. The number of nitrogens with one attached hydrogen (secondary N) is 1. The molecular weight excluding hydrogens is 342 g/mol. The molecule has 0 bridgehead atoms. The van der Waals surface area contributed by atoms with Gasteiger partial charge in [-0.05, 0) is 29.8 Å². The Kier molecular flexibility index (Phi) is 4.02. The van der Waals surface area contributed by atoms with Gasteiger partial charge in [0.15, 0.2) is 5.76 Å². The molecular formula is C18H12ClN3OS. The molecule has 0 amide bonds. The Bertz CT molecular complexity index is 971. The molecule has 0 aliphatic rings. The standard InChI is InChI=1S/C18H12ClN3OS/c19-14-7-5-12(6-8-14)10-20-22-18-21-15(11-24-18)17-9-13-3-1-2-4-16(13)23-17/h1-11H,(H,21,22)/b20-10+. The quantitative estimate of drug-likeness (QED) is 0.380. The number of hydrogen-bond donors (Lipinski definition) is 1. The number of benzene rings is 2. The molecule has 0 fully saturated rings. The third-order valence-electron chi connectivity index (χ3n) is 3.43. The lowest BCUT2D eigenvalue weighted by molar-refractivity contribution is 0.629. The molecule has 0 atom stereocenters. The smallest absolute Gasteiger partial charge is 0.203 e. The summed E-state index contributed by atoms with van der Waals surface area (Å²) in [5.41, 5.74) is 5.54. The first-order chi connectivity index (χ1) is 11.8. The van der Waals surface area contributed by atoms with Crippen molar-refractivity contribution in [3.8, 4) is 11.5 Å². The van der Waals surface area contributed by atoms with Crippen molar-refractivity contribution in [1.82, 2.24) is 4.98 Å². The molecule has 0 aliphatic heterocycles. The van der Waals surface area contributed by atoms with Crippen LogP contribution in [-0.2, 0) is 0 Å². The molecule has 4 aromatic rings. The first-order valence-electron chi connectivity index (χ1n) is 7.27. The van der Waals surface area contributed by atoms with Gasteiger partial charge in [0.1, 0.15) is 11.3 Å². The average Bonchev–Trinajstić information content (AvgIpc) is 3.23. The van der Waals surface area contributed by atoms with Crippen LogP contribution in [0.4, 0.5) is 5.13 Å². The van der Waals surface area contributed by atoms with Crippen LogP contribution in [0.1, 0.15) is 5.56 Å². The normalized spacial score (nSPS) is 11.4. The summed E-state index contributed by atoms with van der Waals surface area (Å²) in [6.45, 7) is 0. The summed E-state index contributed by atoms with van der Waals surface area (Å²) in [5, 5.41) is 8.61. The summed E-state index contributed by atoms with van der Waals surface area (Å²) in [5.74, 6) is 0.752. The first kappa shape index (κ1) is 14.9. The zero-order valence-electron chi connectivity index (χ0n) is 12.4. The van der Waals surface area contributed by atoms with Gasteiger partial charge in [0.2, 0.25) is 5.13 Å². The van der Waals surface area contributed by atoms with Gasteiger partial charge in [-0.1, -0.05) is 41.9 Å². The van der Waals surface area contributed by atoms with E-state index in [9.17, 15) is 0 Å². The van der Waals surface area contributed by atoms with Gasteiger partial charge in [-0.2, -0.15) is 5.10 Å². The minimum absolute atomic E-state index is 0.704. The molecule has 0 unspecified atom stereocenters. The zero-order valence-corrected chi connectivity index (χ0v) is 14.0. The number of thiazole rings is 1. The van der Waals surface area contributed by atoms with Crippen molar-refractivity contribution in [1.29, 1.82) is 0 Å². The van der Waals surface area contributed by atoms with Gasteiger partial charge >= 0.3 is 0 Å². The van der Waals surface area contributed by atoms with E-state index in [-0.39, 0.29) is 0 Å². The number of halogens is 1. The fourth-order valence-electron chi connectivity index (χ4n) is 2.26. The van der Waals surface area contributed by atoms with Gasteiger partial charge < -0.3 is 4.42 Å². The van der Waals surface area contributed by atoms with Crippen LogP contribution in [0.5, 0.6) is 0 Å². The largest absolute Gasteiger partial charge is 0.454 e. The van der Waals surface area contributed by atoms with Crippen molar-refractivity contribution in [2.45, 2.75) is 0 Å². The van der Waals surface area contributed by atoms with E-state index >= 15 is 0 Å². The number of furan rings is 1. The van der Waals surface area contributed by atoms with Crippen LogP contribution in [0.2, 0.25) is 5.02 Å². The van der Waals surface area contributed by atoms with E-state index in [4.69, 9.17) is 16.0 Å². The van der Waals surface area contributed by atoms with Gasteiger partial charge in [-0.15, -0.1) is 11.3 Å². The molecule has 0 radical (unpaired) electrons. The fraction of sp³-hybridized carbons (Fsp3) is 0. The van der Waals surface area contributed by atoms with Gasteiger partial charge in [-0.3, -0.25) is 5.43 Å². The molecule has 1 N–H and O–H groups in total. The third kappa shape index (κ3) is 3.18. The van der Waals surface area contributed by atoms with Crippen LogP contribution >= 0.6 is 22.9 Å². The maximum absolute atomic E-state index is 5.85. The van der Waals surface area contributed by atoms with Gasteiger partial charge in [0, 0.05) is 15.8 Å². The van der Waals surface area contributed by atoms with Crippen molar-refractivity contribution in [3.63, 3.8) is 0 Å². The van der Waals surface area contributed by atoms with Crippen molar-refractivity contribution in [2.75, 3.05) is 5.43 Å². The van der Waals surface area contributed by atoms with Crippen LogP contribution in [0.3, 0.4) is 0 Å². The molecule has 2 aromatic heterocycles. The molecule has 24 heavy (non-hydrogen) atoms. The van der Waals surface area contributed by atoms with Gasteiger partial charge in [-0.25, -0.2) is 4.98 Å². The second kappa shape index (κ2) is 6.47. The highest BCUT2D eigenvalue weighted by atomic mass is 35.5. The topological polar surface area (TPSA) is 50.4 Å². The number of para-hydroxylation sites is 1. The van der Waals surface area contributed by atoms with Crippen molar-refractivity contribution in [3.05, 3.63) is 70.6 Å². The summed E-state index contributed by atoms with van der Waals surface area (Å²) >= 11 is 7.33. The molecule has 4 nitrogen and oxygen atoms in total. The third-order valence-corrected chi connectivity index (χ3v) is 4.42. The van der Waals surface area contributed by atoms with E-state index in [1.54, 1.807) is 6.21 Å². The molecule has 0 aliphatic carbocycles. The molecule has 6 heteroatoms. The highest BCUT2D eigenvalue weighted by molar-refractivity contribution is 7.14. The maximum atomic E-state index is 5.85. The first-order valence-corrected chi connectivity index (χ1v) is 8.53. The molecule has 2 heterocycles. The number of aromatic nitrogens is 1. The Morgan fingerprint density at radius 2 is 1.96 bits per heavy atom. The highest BCUT2D eigenvalue weighted by Gasteiger charge is 2.09. The Balaban J connectivity index is 1.49. The Hall–Kier alpha value is -2.63. The van der Waals surface area contributed by atoms with Crippen LogP contribution in [0.15, 0.2) is 69.5 Å². The van der Waals surface area contributed by atoms with Gasteiger partial charge in [0.05, 0.1) is 6.21 Å². The number of fused-ring (bicyclic) bond motifs is 1. The average molecular weight is 354 g/mol. The minimum atomic E-state index is 0.704. The van der Waals surface area contributed by atoms with E-state index in [1.165, 1.54) is 11.3 Å². The Morgan fingerprint density at radius 3 is 2.79 bits per heavy atom. The maximum Gasteiger partial charge on any atom is 0.203 e. The van der Waals surface area contributed by atoms with Crippen LogP contribution in [-0.4, -0.2) is 11.2 Å². The summed E-state index contributed by atoms with van der Waals surface area (Å²) in [6, 6.07) is 17.3. The molecule has 2 aromatic carbocycles. The lowest BCUT2D eigenvalue weighted by Crippen LogP contribution is -1.89. The Labute approximate surface area is 147 Å². The second-order valence-electron chi connectivity index (χ2n) is 5.11. The molecule has 118 valence electrons. The SMILES string of the molecule is Clc1ccc(/C=N/Nc2nc(-c3cc4ccccc4o3)cs2)cc1. The predicted octanol–water partition coefficient (Wildman–Crippen LogP) is 5.66. The van der Waals surface area contributed by atoms with Crippen molar-refractivity contribution in [2.24, 2.45) is 5.10 Å². The second-order valence-corrected chi connectivity index (χ2v) is 6.40. The lowest BCUT2D eigenvalue weighted by atomic mass is 10.2. The summed E-state index contributed by atoms with van der Waals surface area (Å²) in [4.78, 5) is 4.50. The molecule has 0 spiro atoms. The lowest BCUT2D eigenvalue weighted by Gasteiger charge is -1.94. The predicted molar refractivity (Wildman–Crippen MR) is 100.0 cm³/mol. The monoisotopic (exact) mass is 353 g/mol. The van der Waals surface area contributed by atoms with E-state index in [2.05, 4.69) is 15.5 Å². The van der Waals surface area contributed by atoms with Crippen LogP contribution < -0.4 is 5.43 Å². The fourth-order valence-corrected chi connectivity index (χ4v) is 3.03. The van der Waals surface area contributed by atoms with Crippen LogP contribution in [0, 0.1) is 0 Å². The van der Waals surface area contributed by atoms with E-state index in [0.717, 1.165) is 28.0 Å². The van der Waals surface area contributed by atoms with Crippen molar-refractivity contribution >= 4 is 45.3 Å². The minimum Gasteiger partial charge on any atom is -0.454 e. The number of hydrogen-bond acceptors (Lipinski definition) is 5. The van der Waals surface area contributed by atoms with Crippen LogP contribution in [0.25, 0.3) is 22.4 Å². The number of anilines is 1. The summed E-state index contributed by atoms with van der Waals surface area (Å²) in [6.07, 6.45) is 1.72. The molecule has 0 saturated heterocycles. The molecule has 4 rings (SSSR count). The summed E-state index contributed by atoms with van der Waals surface area (Å²) in [7, 11) is 0. The number of nitrogens with zero attached hydrogens (tertiary/aromatic N) is 2.